The lowest BCUT2D eigenvalue weighted by Crippen LogP contribution is -2.33. The van der Waals surface area contributed by atoms with Crippen molar-refractivity contribution < 1.29 is 0 Å². The lowest BCUT2D eigenvalue weighted by atomic mass is 9.98. The molecule has 0 saturated carbocycles. The molecule has 1 aromatic rings. The van der Waals surface area contributed by atoms with E-state index in [1.54, 1.807) is 5.57 Å². The van der Waals surface area contributed by atoms with Gasteiger partial charge in [0.25, 0.3) is 0 Å². The Labute approximate surface area is 149 Å². The lowest BCUT2D eigenvalue weighted by Gasteiger charge is -2.27. The summed E-state index contributed by atoms with van der Waals surface area (Å²) < 4.78 is 0. The summed E-state index contributed by atoms with van der Waals surface area (Å²) in [5, 5.41) is 0. The molecule has 0 radical (unpaired) electrons. The van der Waals surface area contributed by atoms with Crippen LogP contribution >= 0.6 is 0 Å². The molecule has 24 heavy (non-hydrogen) atoms. The topological polar surface area (TPSA) is 6.48 Å². The number of hydrogen-bond donors (Lipinski definition) is 0. The van der Waals surface area contributed by atoms with Crippen molar-refractivity contribution in [1.29, 1.82) is 0 Å². The zero-order valence-electron chi connectivity index (χ0n) is 16.2. The quantitative estimate of drug-likeness (QED) is 0.604. The summed E-state index contributed by atoms with van der Waals surface area (Å²) in [7, 11) is 4.34. The van der Waals surface area contributed by atoms with Gasteiger partial charge in [0.05, 0.1) is 0 Å². The molecule has 0 heterocycles. The Bertz CT molecular complexity index is 516. The van der Waals surface area contributed by atoms with Gasteiger partial charge in [-0.3, -0.25) is 4.90 Å². The van der Waals surface area contributed by atoms with Crippen molar-refractivity contribution in [2.75, 3.05) is 33.7 Å². The maximum absolute atomic E-state index is 2.63. The van der Waals surface area contributed by atoms with E-state index in [0.29, 0.717) is 0 Å². The summed E-state index contributed by atoms with van der Waals surface area (Å²) in [5.74, 6) is 0.720. The van der Waals surface area contributed by atoms with Crippen molar-refractivity contribution in [3.63, 3.8) is 0 Å². The van der Waals surface area contributed by atoms with Gasteiger partial charge in [0.15, 0.2) is 0 Å². The third-order valence-electron chi connectivity index (χ3n) is 4.72. The van der Waals surface area contributed by atoms with Crippen LogP contribution in [0.4, 0.5) is 0 Å². The van der Waals surface area contributed by atoms with Crippen LogP contribution in [0.2, 0.25) is 0 Å². The van der Waals surface area contributed by atoms with Crippen LogP contribution in [0, 0.1) is 5.92 Å². The van der Waals surface area contributed by atoms with Gasteiger partial charge in [-0.25, -0.2) is 0 Å². The van der Waals surface area contributed by atoms with Crippen molar-refractivity contribution in [1.82, 2.24) is 9.80 Å². The van der Waals surface area contributed by atoms with E-state index in [1.165, 1.54) is 43.2 Å². The predicted molar refractivity (Wildman–Crippen MR) is 105 cm³/mol. The molecule has 0 amide bonds. The highest BCUT2D eigenvalue weighted by Crippen LogP contribution is 2.19. The number of rotatable bonds is 9. The van der Waals surface area contributed by atoms with E-state index in [-0.39, 0.29) is 0 Å². The molecule has 2 rings (SSSR count). The zero-order chi connectivity index (χ0) is 17.4. The third-order valence-corrected chi connectivity index (χ3v) is 4.72. The molecule has 0 spiro atoms. The van der Waals surface area contributed by atoms with E-state index < -0.39 is 0 Å². The van der Waals surface area contributed by atoms with E-state index in [1.807, 2.05) is 0 Å². The molecule has 0 atom stereocenters. The molecule has 1 aliphatic rings. The number of benzene rings is 1. The Balaban J connectivity index is 2.01. The molecule has 1 aliphatic carbocycles. The highest BCUT2D eigenvalue weighted by Gasteiger charge is 2.12. The van der Waals surface area contributed by atoms with Crippen molar-refractivity contribution in [2.45, 2.75) is 52.5 Å². The fourth-order valence-corrected chi connectivity index (χ4v) is 3.48. The summed E-state index contributed by atoms with van der Waals surface area (Å²) in [6.45, 7) is 9.06. The largest absolute Gasteiger partial charge is 0.308 e. The number of likely N-dealkylation sites (N-methyl/N-ethyl adjacent to an activating group) is 1. The second-order valence-corrected chi connectivity index (χ2v) is 8.04. The van der Waals surface area contributed by atoms with E-state index in [0.717, 1.165) is 32.1 Å². The number of allylic oxidation sites excluding steroid dienone is 1. The fraction of sp³-hybridized carbons (Fsp3) is 0.636. The lowest BCUT2D eigenvalue weighted by molar-refractivity contribution is 0.247. The highest BCUT2D eigenvalue weighted by atomic mass is 15.2. The first-order chi connectivity index (χ1) is 11.5. The normalized spacial score (nSPS) is 15.4. The van der Waals surface area contributed by atoms with Gasteiger partial charge in [-0.05, 0) is 63.2 Å². The Morgan fingerprint density at radius 2 is 1.79 bits per heavy atom. The smallest absolute Gasteiger partial charge is 0.0237 e. The molecule has 0 fully saturated rings. The molecule has 0 aromatic heterocycles. The Morgan fingerprint density at radius 1 is 1.00 bits per heavy atom. The summed E-state index contributed by atoms with van der Waals surface area (Å²) in [4.78, 5) is 4.92. The first-order valence-electron chi connectivity index (χ1n) is 9.65. The average Bonchev–Trinajstić information content (AvgIpc) is 2.53. The van der Waals surface area contributed by atoms with Crippen molar-refractivity contribution >= 4 is 0 Å². The Morgan fingerprint density at radius 3 is 2.46 bits per heavy atom. The van der Waals surface area contributed by atoms with E-state index in [9.17, 15) is 0 Å². The van der Waals surface area contributed by atoms with Crippen molar-refractivity contribution in [3.8, 4) is 0 Å². The maximum Gasteiger partial charge on any atom is 0.0237 e. The third kappa shape index (κ3) is 7.19. The van der Waals surface area contributed by atoms with Gasteiger partial charge >= 0.3 is 0 Å². The molecule has 2 heteroatoms. The van der Waals surface area contributed by atoms with Crippen molar-refractivity contribution in [2.24, 2.45) is 5.92 Å². The van der Waals surface area contributed by atoms with Crippen LogP contribution in [0.25, 0.3) is 0 Å². The summed E-state index contributed by atoms with van der Waals surface area (Å²) in [5.41, 5.74) is 4.59. The van der Waals surface area contributed by atoms with Crippen molar-refractivity contribution in [3.05, 3.63) is 47.0 Å². The molecule has 134 valence electrons. The Hall–Kier alpha value is -1.12. The van der Waals surface area contributed by atoms with Gasteiger partial charge in [0.2, 0.25) is 0 Å². The Kier molecular flexibility index (Phi) is 8.01. The minimum absolute atomic E-state index is 0.720. The highest BCUT2D eigenvalue weighted by molar-refractivity contribution is 5.24. The van der Waals surface area contributed by atoms with Gasteiger partial charge in [-0.2, -0.15) is 0 Å². The first kappa shape index (κ1) is 19.2. The minimum Gasteiger partial charge on any atom is -0.308 e. The standard InChI is InChI=1S/C22H36N2/c1-19(2)15-21-11-8-12-22(16-21)18-24(14-13-23(3)4)17-20-9-6-5-7-10-20/h8-9,11-12,16,19H,5-7,10,13-15,17-18H2,1-4H3. The van der Waals surface area contributed by atoms with E-state index in [2.05, 4.69) is 68.1 Å². The summed E-state index contributed by atoms with van der Waals surface area (Å²) in [6.07, 6.45) is 8.99. The van der Waals surface area contributed by atoms with Gasteiger partial charge in [0, 0.05) is 26.2 Å². The van der Waals surface area contributed by atoms with Crippen LogP contribution in [0.5, 0.6) is 0 Å². The van der Waals surface area contributed by atoms with Crippen LogP contribution < -0.4 is 0 Å². The van der Waals surface area contributed by atoms with Gasteiger partial charge < -0.3 is 4.90 Å². The monoisotopic (exact) mass is 328 g/mol. The molecular formula is C22H36N2. The summed E-state index contributed by atoms with van der Waals surface area (Å²) in [6, 6.07) is 9.22. The van der Waals surface area contributed by atoms with Crippen LogP contribution in [0.15, 0.2) is 35.9 Å². The average molecular weight is 329 g/mol. The van der Waals surface area contributed by atoms with E-state index in [4.69, 9.17) is 0 Å². The molecular weight excluding hydrogens is 292 g/mol. The molecule has 0 aliphatic heterocycles. The zero-order valence-corrected chi connectivity index (χ0v) is 16.2. The van der Waals surface area contributed by atoms with Gasteiger partial charge in [-0.15, -0.1) is 0 Å². The molecule has 2 nitrogen and oxygen atoms in total. The van der Waals surface area contributed by atoms with Gasteiger partial charge in [0.1, 0.15) is 0 Å². The fourth-order valence-electron chi connectivity index (χ4n) is 3.48. The second-order valence-electron chi connectivity index (χ2n) is 8.04. The molecule has 0 bridgehead atoms. The number of hydrogen-bond acceptors (Lipinski definition) is 2. The molecule has 0 N–H and O–H groups in total. The minimum atomic E-state index is 0.720. The predicted octanol–water partition coefficient (Wildman–Crippen LogP) is 4.75. The van der Waals surface area contributed by atoms with Gasteiger partial charge in [-0.1, -0.05) is 49.8 Å². The van der Waals surface area contributed by atoms with Crippen LogP contribution in [0.1, 0.15) is 50.7 Å². The number of nitrogens with zero attached hydrogens (tertiary/aromatic N) is 2. The SMILES string of the molecule is CC(C)Cc1cccc(CN(CCN(C)C)CC2=CCCCC2)c1. The summed E-state index contributed by atoms with van der Waals surface area (Å²) >= 11 is 0. The first-order valence-corrected chi connectivity index (χ1v) is 9.65. The van der Waals surface area contributed by atoms with E-state index >= 15 is 0 Å². The van der Waals surface area contributed by atoms with Crippen LogP contribution in [-0.4, -0.2) is 43.5 Å². The molecule has 0 unspecified atom stereocenters. The molecule has 1 aromatic carbocycles. The maximum atomic E-state index is 2.63. The van der Waals surface area contributed by atoms with Crippen LogP contribution in [-0.2, 0) is 13.0 Å². The molecule has 0 saturated heterocycles. The second kappa shape index (κ2) is 10.0. The van der Waals surface area contributed by atoms with Crippen LogP contribution in [0.3, 0.4) is 0 Å².